The molecule has 1 atom stereocenters. The average molecular weight is 477 g/mol. The Balaban J connectivity index is 1.15. The second-order valence-corrected chi connectivity index (χ2v) is 10.4. The molecule has 7 nitrogen and oxygen atoms in total. The van der Waals surface area contributed by atoms with E-state index in [9.17, 15) is 19.5 Å². The number of benzene rings is 2. The van der Waals surface area contributed by atoms with E-state index in [0.29, 0.717) is 19.3 Å². The fraction of sp³-hybridized carbons (Fsp3) is 0.464. The molecular weight excluding hydrogens is 444 g/mol. The highest BCUT2D eigenvalue weighted by molar-refractivity contribution is 5.88. The molecule has 0 aliphatic heterocycles. The Morgan fingerprint density at radius 2 is 1.63 bits per heavy atom. The second-order valence-electron chi connectivity index (χ2n) is 10.4. The van der Waals surface area contributed by atoms with Crippen molar-refractivity contribution in [3.8, 4) is 11.1 Å². The first-order valence-corrected chi connectivity index (χ1v) is 12.5. The zero-order valence-electron chi connectivity index (χ0n) is 20.0. The van der Waals surface area contributed by atoms with Crippen molar-refractivity contribution in [3.05, 3.63) is 59.7 Å². The zero-order valence-corrected chi connectivity index (χ0v) is 20.0. The smallest absolute Gasteiger partial charge is 0.407 e. The Morgan fingerprint density at radius 1 is 1.03 bits per heavy atom. The fourth-order valence-electron chi connectivity index (χ4n) is 6.20. The number of carbonyl (C=O) groups excluding carboxylic acids is 2. The molecule has 184 valence electrons. The van der Waals surface area contributed by atoms with Gasteiger partial charge in [0.2, 0.25) is 5.91 Å². The summed E-state index contributed by atoms with van der Waals surface area (Å²) >= 11 is 0. The number of amides is 2. The van der Waals surface area contributed by atoms with Crippen molar-refractivity contribution in [2.45, 2.75) is 69.4 Å². The minimum absolute atomic E-state index is 0.0166. The first kappa shape index (κ1) is 23.4. The van der Waals surface area contributed by atoms with Gasteiger partial charge in [-0.3, -0.25) is 4.79 Å². The van der Waals surface area contributed by atoms with Crippen LogP contribution in [0.1, 0.15) is 68.9 Å². The predicted octanol–water partition coefficient (Wildman–Crippen LogP) is 4.60. The Morgan fingerprint density at radius 3 is 2.14 bits per heavy atom. The van der Waals surface area contributed by atoms with Gasteiger partial charge < -0.3 is 20.5 Å². The summed E-state index contributed by atoms with van der Waals surface area (Å²) in [6.07, 6.45) is 4.18. The van der Waals surface area contributed by atoms with E-state index < -0.39 is 23.6 Å². The van der Waals surface area contributed by atoms with Crippen LogP contribution < -0.4 is 10.6 Å². The number of carboxylic acid groups (broad SMARTS) is 1. The first-order valence-electron chi connectivity index (χ1n) is 12.5. The van der Waals surface area contributed by atoms with Crippen LogP contribution in [0.5, 0.6) is 0 Å². The molecule has 7 heteroatoms. The summed E-state index contributed by atoms with van der Waals surface area (Å²) in [5.74, 6) is -1.36. The van der Waals surface area contributed by atoms with Crippen LogP contribution in [0.4, 0.5) is 4.79 Å². The molecule has 2 fully saturated rings. The Hall–Kier alpha value is -3.35. The van der Waals surface area contributed by atoms with Gasteiger partial charge in [0.15, 0.2) is 0 Å². The predicted molar refractivity (Wildman–Crippen MR) is 131 cm³/mol. The maximum absolute atomic E-state index is 12.7. The van der Waals surface area contributed by atoms with Gasteiger partial charge in [-0.05, 0) is 59.8 Å². The van der Waals surface area contributed by atoms with Crippen LogP contribution in [0.25, 0.3) is 11.1 Å². The minimum atomic E-state index is -1.17. The van der Waals surface area contributed by atoms with Crippen LogP contribution in [0.2, 0.25) is 0 Å². The van der Waals surface area contributed by atoms with Gasteiger partial charge >= 0.3 is 12.1 Å². The van der Waals surface area contributed by atoms with Gasteiger partial charge in [0.1, 0.15) is 12.1 Å². The molecule has 3 aliphatic rings. The summed E-state index contributed by atoms with van der Waals surface area (Å²) in [6, 6.07) is 15.8. The summed E-state index contributed by atoms with van der Waals surface area (Å²) < 4.78 is 5.60. The number of hydrogen-bond acceptors (Lipinski definition) is 4. The van der Waals surface area contributed by atoms with Crippen molar-refractivity contribution in [2.24, 2.45) is 5.41 Å². The Kier molecular flexibility index (Phi) is 6.03. The lowest BCUT2D eigenvalue weighted by molar-refractivity contribution is -0.165. The number of rotatable bonds is 8. The molecule has 5 rings (SSSR count). The lowest BCUT2D eigenvalue weighted by Gasteiger charge is -2.59. The highest BCUT2D eigenvalue weighted by atomic mass is 16.5. The van der Waals surface area contributed by atoms with Gasteiger partial charge in [0, 0.05) is 18.4 Å². The molecular formula is C28H32N2O5. The van der Waals surface area contributed by atoms with Gasteiger partial charge in [-0.15, -0.1) is 0 Å². The largest absolute Gasteiger partial charge is 0.480 e. The molecule has 2 aromatic rings. The van der Waals surface area contributed by atoms with Gasteiger partial charge in [-0.25, -0.2) is 9.59 Å². The molecule has 2 amide bonds. The maximum Gasteiger partial charge on any atom is 0.407 e. The van der Waals surface area contributed by atoms with Crippen molar-refractivity contribution in [3.63, 3.8) is 0 Å². The van der Waals surface area contributed by atoms with Crippen molar-refractivity contribution < 1.29 is 24.2 Å². The molecule has 2 saturated carbocycles. The molecule has 3 N–H and O–H groups in total. The standard InChI is InChI=1S/C28H32N2O5/c1-2-18(14-24(31)30-28(25(32)33)16-27(17-28)12-7-13-27)29-26(34)35-15-23-21-10-5-3-8-19(21)20-9-4-6-11-22(20)23/h3-6,8-11,18,23H,2,7,12-17H2,1H3,(H,29,34)(H,30,31)(H,32,33). The highest BCUT2D eigenvalue weighted by Gasteiger charge is 2.61. The summed E-state index contributed by atoms with van der Waals surface area (Å²) in [4.78, 5) is 37.2. The van der Waals surface area contributed by atoms with E-state index in [1.165, 1.54) is 0 Å². The Labute approximate surface area is 205 Å². The van der Waals surface area contributed by atoms with Crippen LogP contribution in [0.15, 0.2) is 48.5 Å². The number of carboxylic acids is 1. The number of nitrogens with one attached hydrogen (secondary N) is 2. The molecule has 35 heavy (non-hydrogen) atoms. The molecule has 0 aromatic heterocycles. The fourth-order valence-corrected chi connectivity index (χ4v) is 6.20. The van der Waals surface area contributed by atoms with Gasteiger partial charge in [0.05, 0.1) is 0 Å². The topological polar surface area (TPSA) is 105 Å². The van der Waals surface area contributed by atoms with E-state index in [1.54, 1.807) is 0 Å². The molecule has 0 radical (unpaired) electrons. The number of hydrogen-bond donors (Lipinski definition) is 3. The van der Waals surface area contributed by atoms with Gasteiger partial charge in [-0.1, -0.05) is 61.9 Å². The summed E-state index contributed by atoms with van der Waals surface area (Å²) in [5, 5.41) is 15.3. The van der Waals surface area contributed by atoms with Crippen molar-refractivity contribution in [1.29, 1.82) is 0 Å². The Bertz CT molecular complexity index is 1100. The van der Waals surface area contributed by atoms with Gasteiger partial charge in [-0.2, -0.15) is 0 Å². The summed E-state index contributed by atoms with van der Waals surface area (Å²) in [6.45, 7) is 2.08. The molecule has 1 unspecified atom stereocenters. The molecule has 2 aromatic carbocycles. The van der Waals surface area contributed by atoms with Crippen LogP contribution in [-0.4, -0.2) is 41.3 Å². The molecule has 0 heterocycles. The van der Waals surface area contributed by atoms with E-state index >= 15 is 0 Å². The normalized spacial score (nSPS) is 19.5. The van der Waals surface area contributed by atoms with E-state index in [-0.39, 0.29) is 30.3 Å². The molecule has 0 saturated heterocycles. The number of ether oxygens (including phenoxy) is 1. The molecule has 3 aliphatic carbocycles. The van der Waals surface area contributed by atoms with E-state index in [1.807, 2.05) is 31.2 Å². The maximum atomic E-state index is 12.7. The monoisotopic (exact) mass is 476 g/mol. The highest BCUT2D eigenvalue weighted by Crippen LogP contribution is 2.60. The number of alkyl carbamates (subject to hydrolysis) is 1. The van der Waals surface area contributed by atoms with E-state index in [4.69, 9.17) is 4.74 Å². The molecule has 1 spiro atoms. The van der Waals surface area contributed by atoms with E-state index in [2.05, 4.69) is 34.9 Å². The third kappa shape index (κ3) is 4.28. The van der Waals surface area contributed by atoms with Crippen molar-refractivity contribution in [1.82, 2.24) is 10.6 Å². The zero-order chi connectivity index (χ0) is 24.6. The van der Waals surface area contributed by atoms with Crippen LogP contribution in [-0.2, 0) is 14.3 Å². The average Bonchev–Trinajstić information content (AvgIpc) is 3.11. The third-order valence-electron chi connectivity index (χ3n) is 8.15. The SMILES string of the molecule is CCC(CC(=O)NC1(C(=O)O)CC2(CCC2)C1)NC(=O)OCC1c2ccccc2-c2ccccc21. The summed E-state index contributed by atoms with van der Waals surface area (Å²) in [5.41, 5.74) is 3.53. The molecule has 0 bridgehead atoms. The summed E-state index contributed by atoms with van der Waals surface area (Å²) in [7, 11) is 0. The second kappa shape index (κ2) is 9.02. The lowest BCUT2D eigenvalue weighted by Crippen LogP contribution is -2.68. The third-order valence-corrected chi connectivity index (χ3v) is 8.15. The quantitative estimate of drug-likeness (QED) is 0.517. The number of fused-ring (bicyclic) bond motifs is 3. The van der Waals surface area contributed by atoms with Crippen molar-refractivity contribution in [2.75, 3.05) is 6.61 Å². The first-order chi connectivity index (χ1) is 16.8. The van der Waals surface area contributed by atoms with Crippen molar-refractivity contribution >= 4 is 18.0 Å². The van der Waals surface area contributed by atoms with E-state index in [0.717, 1.165) is 41.5 Å². The minimum Gasteiger partial charge on any atom is -0.480 e. The van der Waals surface area contributed by atoms with Crippen LogP contribution in [0, 0.1) is 5.41 Å². The lowest BCUT2D eigenvalue weighted by atomic mass is 9.48. The number of carbonyl (C=O) groups is 3. The number of aliphatic carboxylic acids is 1. The van der Waals surface area contributed by atoms with Crippen LogP contribution >= 0.6 is 0 Å². The van der Waals surface area contributed by atoms with Gasteiger partial charge in [0.25, 0.3) is 0 Å². The van der Waals surface area contributed by atoms with Crippen LogP contribution in [0.3, 0.4) is 0 Å².